The Balaban J connectivity index is 2.49. The largest absolute Gasteiger partial charge is 0.324 e. The minimum absolute atomic E-state index is 0.340. The fourth-order valence-electron chi connectivity index (χ4n) is 1.32. The molecule has 0 saturated heterocycles. The molecule has 0 aromatic rings. The Kier molecular flexibility index (Phi) is 2.29. The van der Waals surface area contributed by atoms with Crippen LogP contribution in [-0.4, -0.2) is 6.04 Å². The van der Waals surface area contributed by atoms with Gasteiger partial charge in [0.2, 0.25) is 0 Å². The molecule has 0 fully saturated rings. The first-order valence-electron chi connectivity index (χ1n) is 3.72. The lowest BCUT2D eigenvalue weighted by Crippen LogP contribution is -2.15. The number of allylic oxidation sites excluding steroid dienone is 1. The molecule has 1 aliphatic carbocycles. The van der Waals surface area contributed by atoms with Crippen molar-refractivity contribution in [1.82, 2.24) is 0 Å². The Morgan fingerprint density at radius 1 is 1.56 bits per heavy atom. The van der Waals surface area contributed by atoms with Gasteiger partial charge in [-0.2, -0.15) is 0 Å². The number of hydrogen-bond donors (Lipinski definition) is 1. The zero-order chi connectivity index (χ0) is 6.69. The minimum atomic E-state index is 0.340. The van der Waals surface area contributed by atoms with Crippen molar-refractivity contribution in [2.45, 2.75) is 38.6 Å². The van der Waals surface area contributed by atoms with Gasteiger partial charge in [-0.25, -0.2) is 0 Å². The second-order valence-corrected chi connectivity index (χ2v) is 2.92. The predicted molar refractivity (Wildman–Crippen MR) is 40.2 cm³/mol. The number of hydrogen-bond acceptors (Lipinski definition) is 1. The molecule has 0 radical (unpaired) electrons. The van der Waals surface area contributed by atoms with E-state index >= 15 is 0 Å². The van der Waals surface area contributed by atoms with Crippen LogP contribution in [0.4, 0.5) is 0 Å². The van der Waals surface area contributed by atoms with Crippen molar-refractivity contribution in [2.75, 3.05) is 0 Å². The molecule has 1 heteroatoms. The van der Waals surface area contributed by atoms with Gasteiger partial charge in [0.1, 0.15) is 0 Å². The lowest BCUT2D eigenvalue weighted by molar-refractivity contribution is 0.655. The third-order valence-corrected chi connectivity index (χ3v) is 1.86. The van der Waals surface area contributed by atoms with Crippen LogP contribution in [0.3, 0.4) is 0 Å². The van der Waals surface area contributed by atoms with E-state index in [1.54, 1.807) is 0 Å². The van der Waals surface area contributed by atoms with Crippen LogP contribution in [0.15, 0.2) is 11.6 Å². The quantitative estimate of drug-likeness (QED) is 0.491. The summed E-state index contributed by atoms with van der Waals surface area (Å²) in [7, 11) is 0. The van der Waals surface area contributed by atoms with Gasteiger partial charge in [0.05, 0.1) is 0 Å². The third kappa shape index (κ3) is 2.19. The summed E-state index contributed by atoms with van der Waals surface area (Å²) in [4.78, 5) is 0. The van der Waals surface area contributed by atoms with Crippen LogP contribution in [0.2, 0.25) is 0 Å². The van der Waals surface area contributed by atoms with Crippen LogP contribution in [0.25, 0.3) is 0 Å². The molecule has 0 bridgehead atoms. The first-order chi connectivity index (χ1) is 4.29. The topological polar surface area (TPSA) is 26.0 Å². The lowest BCUT2D eigenvalue weighted by Gasteiger charge is -2.00. The van der Waals surface area contributed by atoms with Gasteiger partial charge >= 0.3 is 0 Å². The Morgan fingerprint density at radius 2 is 2.33 bits per heavy atom. The van der Waals surface area contributed by atoms with Gasteiger partial charge in [-0.05, 0) is 26.2 Å². The summed E-state index contributed by atoms with van der Waals surface area (Å²) in [6.45, 7) is 2.17. The maximum absolute atomic E-state index is 5.75. The van der Waals surface area contributed by atoms with Crippen LogP contribution in [-0.2, 0) is 0 Å². The van der Waals surface area contributed by atoms with Crippen molar-refractivity contribution in [2.24, 2.45) is 5.73 Å². The highest BCUT2D eigenvalue weighted by molar-refractivity contribution is 5.04. The van der Waals surface area contributed by atoms with Gasteiger partial charge in [0.15, 0.2) is 0 Å². The van der Waals surface area contributed by atoms with Crippen LogP contribution in [0.5, 0.6) is 0 Å². The second kappa shape index (κ2) is 3.02. The first-order valence-corrected chi connectivity index (χ1v) is 3.72. The molecule has 1 rings (SSSR count). The summed E-state index contributed by atoms with van der Waals surface area (Å²) in [5.41, 5.74) is 7.22. The molecule has 52 valence electrons. The van der Waals surface area contributed by atoms with Gasteiger partial charge in [0, 0.05) is 6.04 Å². The molecule has 0 aromatic carbocycles. The van der Waals surface area contributed by atoms with Crippen molar-refractivity contribution < 1.29 is 0 Å². The second-order valence-electron chi connectivity index (χ2n) is 2.92. The maximum atomic E-state index is 5.75. The highest BCUT2D eigenvalue weighted by Gasteiger charge is 2.03. The molecule has 9 heavy (non-hydrogen) atoms. The minimum Gasteiger partial charge on any atom is -0.324 e. The monoisotopic (exact) mass is 125 g/mol. The van der Waals surface area contributed by atoms with E-state index in [4.69, 9.17) is 5.73 Å². The smallest absolute Gasteiger partial charge is 0.0226 e. The van der Waals surface area contributed by atoms with Crippen LogP contribution >= 0.6 is 0 Å². The molecule has 2 N–H and O–H groups in total. The Hall–Kier alpha value is -0.300. The normalized spacial score (nSPS) is 29.1. The molecule has 0 aromatic heterocycles. The third-order valence-electron chi connectivity index (χ3n) is 1.86. The maximum Gasteiger partial charge on any atom is 0.0226 e. The highest BCUT2D eigenvalue weighted by atomic mass is 14.6. The molecule has 1 atom stereocenters. The van der Waals surface area contributed by atoms with E-state index in [1.807, 2.05) is 0 Å². The standard InChI is InChI=1S/C8H15N/c1-7-4-2-3-5-8(9)6-7/h6,8H,2-5,9H2,1H3. The molecular weight excluding hydrogens is 110 g/mol. The highest BCUT2D eigenvalue weighted by Crippen LogP contribution is 2.15. The SMILES string of the molecule is CC1=CC(N)CCCC1. The first kappa shape index (κ1) is 6.81. The molecule has 1 aliphatic rings. The van der Waals surface area contributed by atoms with Crippen molar-refractivity contribution in [1.29, 1.82) is 0 Å². The summed E-state index contributed by atoms with van der Waals surface area (Å²) < 4.78 is 0. The van der Waals surface area contributed by atoms with E-state index in [0.29, 0.717) is 6.04 Å². The van der Waals surface area contributed by atoms with Gasteiger partial charge < -0.3 is 5.73 Å². The van der Waals surface area contributed by atoms with Crippen molar-refractivity contribution in [3.05, 3.63) is 11.6 Å². The van der Waals surface area contributed by atoms with Crippen molar-refractivity contribution in [3.8, 4) is 0 Å². The summed E-state index contributed by atoms with van der Waals surface area (Å²) in [6.07, 6.45) is 7.27. The number of rotatable bonds is 0. The molecule has 1 unspecified atom stereocenters. The molecule has 0 saturated carbocycles. The Morgan fingerprint density at radius 3 is 3.11 bits per heavy atom. The van der Waals surface area contributed by atoms with E-state index in [2.05, 4.69) is 13.0 Å². The Labute approximate surface area is 56.9 Å². The molecular formula is C8H15N. The summed E-state index contributed by atoms with van der Waals surface area (Å²) in [5, 5.41) is 0. The molecule has 0 aliphatic heterocycles. The van der Waals surface area contributed by atoms with Gasteiger partial charge in [-0.3, -0.25) is 0 Å². The van der Waals surface area contributed by atoms with Crippen LogP contribution in [0.1, 0.15) is 32.6 Å². The van der Waals surface area contributed by atoms with E-state index in [-0.39, 0.29) is 0 Å². The van der Waals surface area contributed by atoms with Crippen LogP contribution < -0.4 is 5.73 Å². The average molecular weight is 125 g/mol. The van der Waals surface area contributed by atoms with Crippen molar-refractivity contribution in [3.63, 3.8) is 0 Å². The summed E-state index contributed by atoms with van der Waals surface area (Å²) in [6, 6.07) is 0.340. The number of nitrogens with two attached hydrogens (primary N) is 1. The molecule has 1 nitrogen and oxygen atoms in total. The van der Waals surface area contributed by atoms with E-state index in [1.165, 1.54) is 31.3 Å². The zero-order valence-corrected chi connectivity index (χ0v) is 6.06. The molecule has 0 spiro atoms. The van der Waals surface area contributed by atoms with E-state index in [0.717, 1.165) is 0 Å². The lowest BCUT2D eigenvalue weighted by atomic mass is 10.2. The fourth-order valence-corrected chi connectivity index (χ4v) is 1.32. The summed E-state index contributed by atoms with van der Waals surface area (Å²) >= 11 is 0. The predicted octanol–water partition coefficient (Wildman–Crippen LogP) is 1.83. The average Bonchev–Trinajstić information content (AvgIpc) is 1.93. The van der Waals surface area contributed by atoms with Gasteiger partial charge in [-0.1, -0.05) is 18.1 Å². The zero-order valence-electron chi connectivity index (χ0n) is 6.06. The van der Waals surface area contributed by atoms with Crippen LogP contribution in [0, 0.1) is 0 Å². The Bertz CT molecular complexity index is 116. The molecule has 0 heterocycles. The van der Waals surface area contributed by atoms with Gasteiger partial charge in [-0.15, -0.1) is 0 Å². The molecule has 0 amide bonds. The van der Waals surface area contributed by atoms with Gasteiger partial charge in [0.25, 0.3) is 0 Å². The van der Waals surface area contributed by atoms with Crippen molar-refractivity contribution >= 4 is 0 Å². The van der Waals surface area contributed by atoms with E-state index < -0.39 is 0 Å². The fraction of sp³-hybridized carbons (Fsp3) is 0.750. The van der Waals surface area contributed by atoms with E-state index in [9.17, 15) is 0 Å². The summed E-state index contributed by atoms with van der Waals surface area (Å²) in [5.74, 6) is 0.